The highest BCUT2D eigenvalue weighted by molar-refractivity contribution is 7.98. The number of rotatable bonds is 3. The minimum Gasteiger partial charge on any atom is -0.270 e. The number of pyridine rings is 1. The fraction of sp³-hybridized carbons (Fsp3) is 0.100. The first-order valence-corrected chi connectivity index (χ1v) is 9.51. The number of benzene rings is 1. The van der Waals surface area contributed by atoms with E-state index < -0.39 is 0 Å². The lowest BCUT2D eigenvalue weighted by molar-refractivity contribution is 1.24. The van der Waals surface area contributed by atoms with Crippen LogP contribution < -0.4 is 0 Å². The summed E-state index contributed by atoms with van der Waals surface area (Å²) in [7, 11) is 0. The van der Waals surface area contributed by atoms with Gasteiger partial charge in [0.15, 0.2) is 5.65 Å². The van der Waals surface area contributed by atoms with Crippen molar-refractivity contribution in [3.05, 3.63) is 70.2 Å². The predicted octanol–water partition coefficient (Wildman–Crippen LogP) is 5.81. The van der Waals surface area contributed by atoms with Crippen LogP contribution in [0.2, 0.25) is 0 Å². The Hall–Kier alpha value is -2.55. The average Bonchev–Trinajstić information content (AvgIpc) is 3.20. The number of aromatic nitrogens is 2. The largest absolute Gasteiger partial charge is 0.270 e. The summed E-state index contributed by atoms with van der Waals surface area (Å²) in [5, 5.41) is 12.4. The number of thiophene rings is 1. The molecule has 3 heterocycles. The van der Waals surface area contributed by atoms with Crippen LogP contribution in [0.1, 0.15) is 16.0 Å². The standard InChI is InChI=1S/C20H15N3S2/c1-13-3-5-16(6-4-13)25-23-12-19(17-7-8-24-14(17)2)18-9-15(10-21)11-22-20(18)23/h3-9,11-12H,1-2H3. The van der Waals surface area contributed by atoms with Gasteiger partial charge in [0.2, 0.25) is 0 Å². The molecule has 0 saturated carbocycles. The van der Waals surface area contributed by atoms with E-state index in [0.717, 1.165) is 21.5 Å². The Morgan fingerprint density at radius 3 is 2.60 bits per heavy atom. The van der Waals surface area contributed by atoms with Gasteiger partial charge in [-0.1, -0.05) is 17.7 Å². The number of hydrogen-bond acceptors (Lipinski definition) is 4. The molecule has 0 aliphatic rings. The van der Waals surface area contributed by atoms with E-state index in [9.17, 15) is 5.26 Å². The van der Waals surface area contributed by atoms with Crippen LogP contribution in [-0.2, 0) is 0 Å². The molecule has 5 heteroatoms. The summed E-state index contributed by atoms with van der Waals surface area (Å²) in [6.07, 6.45) is 3.76. The van der Waals surface area contributed by atoms with Gasteiger partial charge in [0, 0.05) is 33.1 Å². The van der Waals surface area contributed by atoms with E-state index in [0.29, 0.717) is 5.56 Å². The third-order valence-corrected chi connectivity index (χ3v) is 5.92. The highest BCUT2D eigenvalue weighted by Crippen LogP contribution is 2.37. The number of nitriles is 1. The predicted molar refractivity (Wildman–Crippen MR) is 105 cm³/mol. The Kier molecular flexibility index (Phi) is 4.08. The second kappa shape index (κ2) is 6.40. The normalized spacial score (nSPS) is 10.9. The number of aryl methyl sites for hydroxylation is 2. The summed E-state index contributed by atoms with van der Waals surface area (Å²) in [4.78, 5) is 6.97. The van der Waals surface area contributed by atoms with E-state index in [1.54, 1.807) is 29.5 Å². The Labute approximate surface area is 154 Å². The first-order chi connectivity index (χ1) is 12.2. The molecule has 122 valence electrons. The van der Waals surface area contributed by atoms with E-state index in [2.05, 4.69) is 70.8 Å². The molecule has 0 aliphatic heterocycles. The molecule has 0 saturated heterocycles. The quantitative estimate of drug-likeness (QED) is 0.462. The highest BCUT2D eigenvalue weighted by atomic mass is 32.2. The third kappa shape index (κ3) is 2.95. The monoisotopic (exact) mass is 361 g/mol. The molecule has 3 nitrogen and oxygen atoms in total. The van der Waals surface area contributed by atoms with E-state index in [1.165, 1.54) is 16.0 Å². The molecular formula is C20H15N3S2. The first kappa shape index (κ1) is 15.9. The Bertz CT molecular complexity index is 1100. The zero-order valence-corrected chi connectivity index (χ0v) is 15.5. The molecule has 1 aromatic carbocycles. The molecule has 0 spiro atoms. The van der Waals surface area contributed by atoms with E-state index >= 15 is 0 Å². The van der Waals surface area contributed by atoms with Crippen molar-refractivity contribution >= 4 is 34.3 Å². The maximum atomic E-state index is 9.24. The molecule has 0 amide bonds. The van der Waals surface area contributed by atoms with Crippen LogP contribution in [0.4, 0.5) is 0 Å². The Morgan fingerprint density at radius 2 is 1.92 bits per heavy atom. The van der Waals surface area contributed by atoms with Crippen LogP contribution in [0.5, 0.6) is 0 Å². The van der Waals surface area contributed by atoms with E-state index in [1.807, 2.05) is 6.07 Å². The maximum absolute atomic E-state index is 9.24. The van der Waals surface area contributed by atoms with Crippen molar-refractivity contribution in [2.75, 3.05) is 0 Å². The van der Waals surface area contributed by atoms with Gasteiger partial charge in [0.25, 0.3) is 0 Å². The lowest BCUT2D eigenvalue weighted by Gasteiger charge is -2.04. The lowest BCUT2D eigenvalue weighted by atomic mass is 10.1. The van der Waals surface area contributed by atoms with Gasteiger partial charge in [-0.2, -0.15) is 5.26 Å². The SMILES string of the molecule is Cc1ccc(Sn2cc(-c3ccsc3C)c3cc(C#N)cnc32)cc1. The number of fused-ring (bicyclic) bond motifs is 1. The van der Waals surface area contributed by atoms with Crippen molar-refractivity contribution < 1.29 is 0 Å². The van der Waals surface area contributed by atoms with Gasteiger partial charge >= 0.3 is 0 Å². The summed E-state index contributed by atoms with van der Waals surface area (Å²) < 4.78 is 2.09. The van der Waals surface area contributed by atoms with Crippen molar-refractivity contribution in [3.63, 3.8) is 0 Å². The fourth-order valence-electron chi connectivity index (χ4n) is 2.80. The molecule has 0 unspecified atom stereocenters. The summed E-state index contributed by atoms with van der Waals surface area (Å²) in [6.45, 7) is 4.21. The molecule has 4 rings (SSSR count). The lowest BCUT2D eigenvalue weighted by Crippen LogP contribution is -1.88. The molecular weight excluding hydrogens is 346 g/mol. The van der Waals surface area contributed by atoms with Crippen LogP contribution in [0.25, 0.3) is 22.2 Å². The third-order valence-electron chi connectivity index (χ3n) is 4.11. The van der Waals surface area contributed by atoms with Gasteiger partial charge in [-0.25, -0.2) is 4.98 Å². The topological polar surface area (TPSA) is 41.6 Å². The van der Waals surface area contributed by atoms with Crippen molar-refractivity contribution in [3.8, 4) is 17.2 Å². The van der Waals surface area contributed by atoms with E-state index in [4.69, 9.17) is 0 Å². The molecule has 0 atom stereocenters. The van der Waals surface area contributed by atoms with Crippen molar-refractivity contribution in [1.29, 1.82) is 5.26 Å². The van der Waals surface area contributed by atoms with Crippen LogP contribution >= 0.6 is 23.3 Å². The molecule has 0 radical (unpaired) electrons. The number of hydrogen-bond donors (Lipinski definition) is 0. The highest BCUT2D eigenvalue weighted by Gasteiger charge is 2.15. The van der Waals surface area contributed by atoms with Gasteiger partial charge in [0.05, 0.1) is 5.56 Å². The molecule has 0 aliphatic carbocycles. The molecule has 3 aromatic heterocycles. The Balaban J connectivity index is 1.89. The first-order valence-electron chi connectivity index (χ1n) is 7.86. The van der Waals surface area contributed by atoms with Crippen molar-refractivity contribution in [1.82, 2.24) is 8.96 Å². The van der Waals surface area contributed by atoms with Crippen LogP contribution in [-0.4, -0.2) is 8.96 Å². The summed E-state index contributed by atoms with van der Waals surface area (Å²) in [5.41, 5.74) is 5.03. The van der Waals surface area contributed by atoms with Gasteiger partial charge in [-0.05, 0) is 61.0 Å². The van der Waals surface area contributed by atoms with Gasteiger partial charge in [0.1, 0.15) is 6.07 Å². The summed E-state index contributed by atoms with van der Waals surface area (Å²) in [6, 6.07) is 14.7. The van der Waals surface area contributed by atoms with Gasteiger partial charge in [-0.15, -0.1) is 11.3 Å². The van der Waals surface area contributed by atoms with E-state index in [-0.39, 0.29) is 0 Å². The van der Waals surface area contributed by atoms with Crippen molar-refractivity contribution in [2.45, 2.75) is 18.7 Å². The number of nitrogens with zero attached hydrogens (tertiary/aromatic N) is 3. The second-order valence-electron chi connectivity index (χ2n) is 5.87. The second-order valence-corrected chi connectivity index (χ2v) is 8.04. The Morgan fingerprint density at radius 1 is 1.12 bits per heavy atom. The van der Waals surface area contributed by atoms with Gasteiger partial charge in [-0.3, -0.25) is 3.97 Å². The van der Waals surface area contributed by atoms with Crippen LogP contribution in [0.15, 0.2) is 59.1 Å². The van der Waals surface area contributed by atoms with Crippen molar-refractivity contribution in [2.24, 2.45) is 0 Å². The van der Waals surface area contributed by atoms with Gasteiger partial charge < -0.3 is 0 Å². The average molecular weight is 361 g/mol. The maximum Gasteiger partial charge on any atom is 0.150 e. The molecule has 0 N–H and O–H groups in total. The molecule has 4 aromatic rings. The molecule has 0 fully saturated rings. The van der Waals surface area contributed by atoms with Crippen LogP contribution in [0.3, 0.4) is 0 Å². The summed E-state index contributed by atoms with van der Waals surface area (Å²) >= 11 is 3.37. The zero-order chi connectivity index (χ0) is 17.4. The minimum absolute atomic E-state index is 0.583. The minimum atomic E-state index is 0.583. The smallest absolute Gasteiger partial charge is 0.150 e. The molecule has 0 bridgehead atoms. The summed E-state index contributed by atoms with van der Waals surface area (Å²) in [5.74, 6) is 0. The fourth-order valence-corrected chi connectivity index (χ4v) is 4.39. The molecule has 25 heavy (non-hydrogen) atoms. The zero-order valence-electron chi connectivity index (χ0n) is 13.9. The van der Waals surface area contributed by atoms with Crippen LogP contribution in [0, 0.1) is 25.2 Å².